The third kappa shape index (κ3) is 8.28. The Morgan fingerprint density at radius 3 is 1.86 bits per heavy atom. The Labute approximate surface area is 262 Å². The summed E-state index contributed by atoms with van der Waals surface area (Å²) >= 11 is 0. The molecular formula is C30H41N5O5S2Si. The fourth-order valence-corrected chi connectivity index (χ4v) is 9.57. The van der Waals surface area contributed by atoms with Gasteiger partial charge in [0.1, 0.15) is 0 Å². The molecule has 4 aromatic rings. The van der Waals surface area contributed by atoms with Gasteiger partial charge in [0.2, 0.25) is 5.91 Å². The zero-order valence-electron chi connectivity index (χ0n) is 25.3. The highest BCUT2D eigenvalue weighted by Gasteiger charge is 2.39. The van der Waals surface area contributed by atoms with Gasteiger partial charge in [0, 0.05) is 38.8 Å². The Morgan fingerprint density at radius 1 is 0.767 bits per heavy atom. The van der Waals surface area contributed by atoms with Gasteiger partial charge in [-0.15, -0.1) is 0 Å². The number of fused-ring (bicyclic) bond motifs is 2. The van der Waals surface area contributed by atoms with Crippen LogP contribution in [0.25, 0.3) is 22.1 Å². The molecule has 43 heavy (non-hydrogen) atoms. The van der Waals surface area contributed by atoms with Crippen LogP contribution in [-0.4, -0.2) is 66.2 Å². The van der Waals surface area contributed by atoms with Gasteiger partial charge in [0.05, 0.1) is 22.1 Å². The van der Waals surface area contributed by atoms with E-state index in [4.69, 9.17) is 23.2 Å². The zero-order chi connectivity index (χ0) is 30.7. The third-order valence-electron chi connectivity index (χ3n) is 6.73. The van der Waals surface area contributed by atoms with Crippen molar-refractivity contribution in [3.05, 3.63) is 48.5 Å². The van der Waals surface area contributed by atoms with E-state index in [9.17, 15) is 9.59 Å². The van der Waals surface area contributed by atoms with Crippen molar-refractivity contribution in [3.63, 3.8) is 0 Å². The normalized spacial score (nSPS) is 11.9. The summed E-state index contributed by atoms with van der Waals surface area (Å²) < 4.78 is 21.2. The van der Waals surface area contributed by atoms with Crippen LogP contribution < -0.4 is 5.32 Å². The first-order chi connectivity index (χ1) is 21.0. The lowest BCUT2D eigenvalue weighted by molar-refractivity contribution is 0.0701. The Morgan fingerprint density at radius 2 is 1.30 bits per heavy atom. The summed E-state index contributed by atoms with van der Waals surface area (Å²) in [7, 11) is -0.118. The molecule has 4 rings (SSSR count). The highest BCUT2D eigenvalue weighted by Crippen LogP contribution is 2.39. The second kappa shape index (κ2) is 16.4. The molecule has 1 amide bonds. The number of benzene rings is 2. The Hall–Kier alpha value is -2.68. The number of nitrogens with zero attached hydrogens (tertiary/aromatic N) is 4. The molecule has 13 heteroatoms. The lowest BCUT2D eigenvalue weighted by atomic mass is 10.2. The van der Waals surface area contributed by atoms with Gasteiger partial charge in [0.25, 0.3) is 0 Å². The first kappa shape index (κ1) is 33.2. The number of hydrogen-bond donors (Lipinski definition) is 1. The minimum Gasteiger partial charge on any atom is -0.374 e. The van der Waals surface area contributed by atoms with Crippen molar-refractivity contribution in [1.29, 1.82) is 0 Å². The van der Waals surface area contributed by atoms with Crippen LogP contribution in [0.2, 0.25) is 6.04 Å². The van der Waals surface area contributed by atoms with Gasteiger partial charge in [-0.1, -0.05) is 37.6 Å². The predicted octanol–water partition coefficient (Wildman–Crippen LogP) is 7.40. The summed E-state index contributed by atoms with van der Waals surface area (Å²) in [6.45, 7) is 10.1. The monoisotopic (exact) mass is 643 g/mol. The van der Waals surface area contributed by atoms with Gasteiger partial charge in [0.15, 0.2) is 10.3 Å². The van der Waals surface area contributed by atoms with E-state index in [1.54, 1.807) is 9.13 Å². The van der Waals surface area contributed by atoms with E-state index in [0.717, 1.165) is 41.3 Å². The summed E-state index contributed by atoms with van der Waals surface area (Å²) in [6.07, 6.45) is 3.64. The Bertz CT molecular complexity index is 1490. The second-order valence-electron chi connectivity index (χ2n) is 9.77. The molecule has 1 N–H and O–H groups in total. The topological polar surface area (TPSA) is 110 Å². The van der Waals surface area contributed by atoms with Crippen molar-refractivity contribution in [1.82, 2.24) is 24.4 Å². The van der Waals surface area contributed by atoms with Crippen LogP contribution in [0.15, 0.2) is 58.8 Å². The molecule has 0 fully saturated rings. The molecule has 0 aliphatic heterocycles. The van der Waals surface area contributed by atoms with Crippen molar-refractivity contribution in [2.75, 3.05) is 26.4 Å². The van der Waals surface area contributed by atoms with E-state index in [-0.39, 0.29) is 11.9 Å². The smallest absolute Gasteiger partial charge is 0.374 e. The highest BCUT2D eigenvalue weighted by molar-refractivity contribution is 8.76. The van der Waals surface area contributed by atoms with Gasteiger partial charge in [-0.25, -0.2) is 19.3 Å². The fourth-order valence-electron chi connectivity index (χ4n) is 4.81. The fraction of sp³-hybridized carbons (Fsp3) is 0.467. The summed E-state index contributed by atoms with van der Waals surface area (Å²) in [5.41, 5.74) is 2.95. The van der Waals surface area contributed by atoms with E-state index in [1.807, 2.05) is 69.3 Å². The number of amides is 1. The van der Waals surface area contributed by atoms with E-state index in [1.165, 1.54) is 21.6 Å². The van der Waals surface area contributed by atoms with E-state index < -0.39 is 8.80 Å². The maximum atomic E-state index is 13.6. The van der Waals surface area contributed by atoms with Crippen LogP contribution in [0.4, 0.5) is 4.79 Å². The maximum Gasteiger partial charge on any atom is 0.500 e. The first-order valence-corrected chi connectivity index (χ1v) is 19.1. The SMILES string of the molecule is CCCCNC(=O)n1c(SSc2nc3ccccc3n2C(=O)CCCC[Si](OCC)(OCC)OCC)nc2ccccc21. The van der Waals surface area contributed by atoms with Crippen molar-refractivity contribution in [2.45, 2.75) is 76.2 Å². The predicted molar refractivity (Wildman–Crippen MR) is 175 cm³/mol. The molecule has 2 aromatic heterocycles. The number of rotatable bonds is 17. The van der Waals surface area contributed by atoms with Crippen LogP contribution in [0.1, 0.15) is 64.6 Å². The number of carbonyl (C=O) groups excluding carboxylic acids is 2. The van der Waals surface area contributed by atoms with Gasteiger partial charge in [-0.05, 0) is 85.9 Å². The number of hydrogen-bond acceptors (Lipinski definition) is 9. The molecule has 10 nitrogen and oxygen atoms in total. The average Bonchev–Trinajstić information content (AvgIpc) is 3.57. The number of carbonyl (C=O) groups is 2. The molecule has 0 bridgehead atoms. The summed E-state index contributed by atoms with van der Waals surface area (Å²) in [5, 5.41) is 4.06. The van der Waals surface area contributed by atoms with Crippen LogP contribution in [-0.2, 0) is 13.3 Å². The van der Waals surface area contributed by atoms with E-state index in [2.05, 4.69) is 12.2 Å². The van der Waals surface area contributed by atoms with Gasteiger partial charge < -0.3 is 18.6 Å². The van der Waals surface area contributed by atoms with Crippen LogP contribution in [0.5, 0.6) is 0 Å². The first-order valence-electron chi connectivity index (χ1n) is 15.0. The summed E-state index contributed by atoms with van der Waals surface area (Å²) in [5.74, 6) is -0.0425. The molecule has 0 saturated heterocycles. The molecule has 0 aliphatic rings. The molecule has 232 valence electrons. The number of unbranched alkanes of at least 4 members (excludes halogenated alkanes) is 2. The van der Waals surface area contributed by atoms with Crippen molar-refractivity contribution in [2.24, 2.45) is 0 Å². The van der Waals surface area contributed by atoms with Crippen molar-refractivity contribution >= 4 is 64.4 Å². The number of nitrogens with one attached hydrogen (secondary N) is 1. The van der Waals surface area contributed by atoms with Crippen LogP contribution in [0.3, 0.4) is 0 Å². The maximum absolute atomic E-state index is 13.6. The molecule has 0 spiro atoms. The van der Waals surface area contributed by atoms with Gasteiger partial charge in [-0.2, -0.15) is 0 Å². The second-order valence-corrected chi connectivity index (χ2v) is 14.6. The summed E-state index contributed by atoms with van der Waals surface area (Å²) in [4.78, 5) is 36.3. The molecule has 0 radical (unpaired) electrons. The van der Waals surface area contributed by atoms with Crippen molar-refractivity contribution < 1.29 is 22.9 Å². The lowest BCUT2D eigenvalue weighted by Crippen LogP contribution is -2.45. The molecule has 2 aromatic carbocycles. The molecular weight excluding hydrogens is 603 g/mol. The van der Waals surface area contributed by atoms with E-state index >= 15 is 0 Å². The van der Waals surface area contributed by atoms with Crippen LogP contribution >= 0.6 is 21.6 Å². The van der Waals surface area contributed by atoms with Crippen LogP contribution in [0, 0.1) is 0 Å². The minimum absolute atomic E-state index is 0.0425. The quantitative estimate of drug-likeness (QED) is 0.0715. The molecule has 0 unspecified atom stereocenters. The number of imidazole rings is 2. The summed E-state index contributed by atoms with van der Waals surface area (Å²) in [6, 6.07) is 15.6. The van der Waals surface area contributed by atoms with E-state index in [0.29, 0.717) is 55.6 Å². The molecule has 0 saturated carbocycles. The zero-order valence-corrected chi connectivity index (χ0v) is 28.0. The molecule has 0 atom stereocenters. The number of aromatic nitrogens is 4. The highest BCUT2D eigenvalue weighted by atomic mass is 33.1. The van der Waals surface area contributed by atoms with Crippen molar-refractivity contribution in [3.8, 4) is 0 Å². The standard InChI is InChI=1S/C30H41N5O5S2Si/c1-5-9-21-31-28(37)35-26-19-13-11-17-24(26)33-30(35)42-41-29-32-23-16-10-12-18-25(23)34(29)27(36)20-14-15-22-43(38-6-2,39-7-3)40-8-4/h10-13,16-19H,5-9,14-15,20-22H2,1-4H3,(H,31,37). The Balaban J connectivity index is 1.51. The minimum atomic E-state index is -2.76. The lowest BCUT2D eigenvalue weighted by Gasteiger charge is -2.28. The Kier molecular flexibility index (Phi) is 12.7. The average molecular weight is 644 g/mol. The third-order valence-corrected chi connectivity index (χ3v) is 12.0. The largest absolute Gasteiger partial charge is 0.500 e. The van der Waals surface area contributed by atoms with Gasteiger partial charge in [-0.3, -0.25) is 9.36 Å². The van der Waals surface area contributed by atoms with Gasteiger partial charge >= 0.3 is 14.8 Å². The molecule has 0 aliphatic carbocycles. The molecule has 2 heterocycles. The number of para-hydroxylation sites is 4.